The number of hydroxylamine groups is 1. The Labute approximate surface area is 192 Å². The van der Waals surface area contributed by atoms with Crippen LogP contribution in [0.5, 0.6) is 0 Å². The fraction of sp³-hybridized carbons (Fsp3) is 0.231. The van der Waals surface area contributed by atoms with Gasteiger partial charge in [0, 0.05) is 11.3 Å². The minimum Gasteiger partial charge on any atom is -0.314 e. The first-order valence-electron chi connectivity index (χ1n) is 10.6. The lowest BCUT2D eigenvalue weighted by Crippen LogP contribution is -2.18. The van der Waals surface area contributed by atoms with E-state index < -0.39 is 5.91 Å². The first-order chi connectivity index (χ1) is 15.3. The zero-order valence-corrected chi connectivity index (χ0v) is 19.3. The van der Waals surface area contributed by atoms with E-state index in [-0.39, 0.29) is 5.41 Å². The molecule has 0 spiro atoms. The molecule has 4 rings (SSSR count). The molecule has 0 aliphatic heterocycles. The van der Waals surface area contributed by atoms with E-state index in [1.54, 1.807) is 29.4 Å². The second-order valence-corrected chi connectivity index (χ2v) is 9.79. The Bertz CT molecular complexity index is 1220. The number of aromatic nitrogens is 2. The highest BCUT2D eigenvalue weighted by molar-refractivity contribution is 7.98. The van der Waals surface area contributed by atoms with E-state index in [4.69, 9.17) is 10.2 Å². The molecule has 0 saturated carbocycles. The summed E-state index contributed by atoms with van der Waals surface area (Å²) in [6.07, 6.45) is 0. The molecule has 0 fully saturated rings. The molecule has 0 radical (unpaired) electrons. The molecule has 6 heteroatoms. The second kappa shape index (κ2) is 9.18. The van der Waals surface area contributed by atoms with Crippen LogP contribution in [0.4, 0.5) is 0 Å². The number of carbonyl (C=O) groups excluding carboxylic acids is 1. The number of hydrogen-bond donors (Lipinski definition) is 2. The van der Waals surface area contributed by atoms with Crippen LogP contribution in [0.1, 0.15) is 47.8 Å². The van der Waals surface area contributed by atoms with Crippen molar-refractivity contribution in [3.05, 3.63) is 95.1 Å². The van der Waals surface area contributed by atoms with Crippen LogP contribution in [-0.4, -0.2) is 20.7 Å². The predicted molar refractivity (Wildman–Crippen MR) is 129 cm³/mol. The summed E-state index contributed by atoms with van der Waals surface area (Å²) in [5.74, 6) is 0.219. The van der Waals surface area contributed by atoms with Gasteiger partial charge in [-0.2, -0.15) is 0 Å². The van der Waals surface area contributed by atoms with Crippen molar-refractivity contribution in [2.45, 2.75) is 43.6 Å². The minimum atomic E-state index is -0.511. The standard InChI is InChI=1S/C26H27N3O2S/c1-26(2,3)21-14-10-18(11-15-21)16-29-23-7-5-4-6-22(23)27-25(29)32-17-19-8-12-20(13-9-19)24(30)28-31/h4-15,31H,16-17H2,1-3H3,(H,28,30). The number of hydrogen-bond acceptors (Lipinski definition) is 4. The molecule has 5 nitrogen and oxygen atoms in total. The van der Waals surface area contributed by atoms with Gasteiger partial charge in [0.1, 0.15) is 0 Å². The third kappa shape index (κ3) is 4.87. The normalized spacial score (nSPS) is 11.6. The lowest BCUT2D eigenvalue weighted by atomic mass is 9.87. The summed E-state index contributed by atoms with van der Waals surface area (Å²) in [5, 5.41) is 9.73. The topological polar surface area (TPSA) is 67.2 Å². The van der Waals surface area contributed by atoms with Crippen molar-refractivity contribution in [2.24, 2.45) is 0 Å². The van der Waals surface area contributed by atoms with Gasteiger partial charge in [-0.1, -0.05) is 81.1 Å². The van der Waals surface area contributed by atoms with Gasteiger partial charge in [0.05, 0.1) is 17.6 Å². The number of carbonyl (C=O) groups is 1. The van der Waals surface area contributed by atoms with Crippen LogP contribution < -0.4 is 5.48 Å². The van der Waals surface area contributed by atoms with Gasteiger partial charge in [0.25, 0.3) is 5.91 Å². The summed E-state index contributed by atoms with van der Waals surface area (Å²) in [4.78, 5) is 16.4. The van der Waals surface area contributed by atoms with Gasteiger partial charge in [-0.05, 0) is 46.4 Å². The monoisotopic (exact) mass is 445 g/mol. The van der Waals surface area contributed by atoms with Crippen LogP contribution >= 0.6 is 11.8 Å². The largest absolute Gasteiger partial charge is 0.314 e. The average Bonchev–Trinajstić information content (AvgIpc) is 3.14. The molecule has 0 aliphatic carbocycles. The van der Waals surface area contributed by atoms with Gasteiger partial charge in [0.2, 0.25) is 0 Å². The van der Waals surface area contributed by atoms with Crippen LogP contribution in [0.25, 0.3) is 11.0 Å². The molecule has 32 heavy (non-hydrogen) atoms. The molecule has 2 N–H and O–H groups in total. The first-order valence-corrected chi connectivity index (χ1v) is 11.5. The highest BCUT2D eigenvalue weighted by Gasteiger charge is 2.15. The van der Waals surface area contributed by atoms with Crippen LogP contribution in [-0.2, 0) is 17.7 Å². The van der Waals surface area contributed by atoms with Gasteiger partial charge in [-0.3, -0.25) is 10.0 Å². The number of benzene rings is 3. The molecule has 1 heterocycles. The van der Waals surface area contributed by atoms with Crippen LogP contribution in [0, 0.1) is 0 Å². The van der Waals surface area contributed by atoms with Crippen molar-refractivity contribution in [3.63, 3.8) is 0 Å². The summed E-state index contributed by atoms with van der Waals surface area (Å²) in [5.41, 5.74) is 7.96. The Morgan fingerprint density at radius 3 is 2.28 bits per heavy atom. The second-order valence-electron chi connectivity index (χ2n) is 8.84. The molecule has 164 valence electrons. The Morgan fingerprint density at radius 1 is 0.969 bits per heavy atom. The van der Waals surface area contributed by atoms with E-state index in [9.17, 15) is 4.79 Å². The number of fused-ring (bicyclic) bond motifs is 1. The Kier molecular flexibility index (Phi) is 6.35. The molecule has 0 saturated heterocycles. The van der Waals surface area contributed by atoms with E-state index >= 15 is 0 Å². The lowest BCUT2D eigenvalue weighted by Gasteiger charge is -2.19. The maximum Gasteiger partial charge on any atom is 0.274 e. The van der Waals surface area contributed by atoms with E-state index in [2.05, 4.69) is 55.7 Å². The number of nitrogens with one attached hydrogen (secondary N) is 1. The number of para-hydroxylation sites is 2. The van der Waals surface area contributed by atoms with Gasteiger partial charge in [-0.25, -0.2) is 10.5 Å². The Morgan fingerprint density at radius 2 is 1.62 bits per heavy atom. The molecule has 3 aromatic carbocycles. The molecule has 0 bridgehead atoms. The zero-order chi connectivity index (χ0) is 22.7. The summed E-state index contributed by atoms with van der Waals surface area (Å²) in [6, 6.07) is 24.3. The fourth-order valence-electron chi connectivity index (χ4n) is 3.57. The van der Waals surface area contributed by atoms with Crippen LogP contribution in [0.2, 0.25) is 0 Å². The van der Waals surface area contributed by atoms with Gasteiger partial charge >= 0.3 is 0 Å². The highest BCUT2D eigenvalue weighted by Crippen LogP contribution is 2.29. The molecule has 1 amide bonds. The Hall–Kier alpha value is -3.09. The molecule has 0 aliphatic rings. The van der Waals surface area contributed by atoms with Gasteiger partial charge in [-0.15, -0.1) is 0 Å². The number of imidazole rings is 1. The summed E-state index contributed by atoms with van der Waals surface area (Å²) in [7, 11) is 0. The van der Waals surface area contributed by atoms with E-state index in [0.29, 0.717) is 5.56 Å². The van der Waals surface area contributed by atoms with Crippen molar-refractivity contribution >= 4 is 28.7 Å². The summed E-state index contributed by atoms with van der Waals surface area (Å²) < 4.78 is 2.26. The van der Waals surface area contributed by atoms with Gasteiger partial charge in [0.15, 0.2) is 5.16 Å². The minimum absolute atomic E-state index is 0.134. The Balaban J connectivity index is 1.57. The SMILES string of the molecule is CC(C)(C)c1ccc(Cn2c(SCc3ccc(C(=O)NO)cc3)nc3ccccc32)cc1. The van der Waals surface area contributed by atoms with Crippen molar-refractivity contribution in [1.29, 1.82) is 0 Å². The lowest BCUT2D eigenvalue weighted by molar-refractivity contribution is 0.0706. The van der Waals surface area contributed by atoms with Crippen molar-refractivity contribution in [2.75, 3.05) is 0 Å². The van der Waals surface area contributed by atoms with E-state index in [0.717, 1.165) is 34.1 Å². The summed E-state index contributed by atoms with van der Waals surface area (Å²) in [6.45, 7) is 7.43. The maximum atomic E-state index is 11.5. The van der Waals surface area contributed by atoms with E-state index in [1.807, 2.05) is 30.3 Å². The highest BCUT2D eigenvalue weighted by atomic mass is 32.2. The molecular weight excluding hydrogens is 418 g/mol. The van der Waals surface area contributed by atoms with Crippen LogP contribution in [0.15, 0.2) is 78.0 Å². The molecule has 4 aromatic rings. The van der Waals surface area contributed by atoms with Crippen molar-refractivity contribution in [3.8, 4) is 0 Å². The third-order valence-electron chi connectivity index (χ3n) is 5.47. The van der Waals surface area contributed by atoms with Crippen molar-refractivity contribution < 1.29 is 10.0 Å². The smallest absolute Gasteiger partial charge is 0.274 e. The first kappa shape index (κ1) is 22.1. The number of amides is 1. The van der Waals surface area contributed by atoms with E-state index in [1.165, 1.54) is 11.1 Å². The predicted octanol–water partition coefficient (Wildman–Crippen LogP) is 5.79. The van der Waals surface area contributed by atoms with Gasteiger partial charge < -0.3 is 4.57 Å². The molecule has 0 unspecified atom stereocenters. The molecule has 0 atom stereocenters. The van der Waals surface area contributed by atoms with Crippen LogP contribution in [0.3, 0.4) is 0 Å². The zero-order valence-electron chi connectivity index (χ0n) is 18.5. The maximum absolute atomic E-state index is 11.5. The third-order valence-corrected chi connectivity index (χ3v) is 6.51. The number of nitrogens with zero attached hydrogens (tertiary/aromatic N) is 2. The molecule has 1 aromatic heterocycles. The average molecular weight is 446 g/mol. The quantitative estimate of drug-likeness (QED) is 0.224. The van der Waals surface area contributed by atoms with Crippen molar-refractivity contribution in [1.82, 2.24) is 15.0 Å². The number of thioether (sulfide) groups is 1. The molecular formula is C26H27N3O2S. The number of rotatable bonds is 6. The fourth-order valence-corrected chi connectivity index (χ4v) is 4.54. The summed E-state index contributed by atoms with van der Waals surface area (Å²) >= 11 is 1.67.